The van der Waals surface area contributed by atoms with Crippen molar-refractivity contribution in [1.29, 1.82) is 5.26 Å². The van der Waals surface area contributed by atoms with Gasteiger partial charge in [0.05, 0.1) is 11.8 Å². The SMILES string of the molecule is CC(CCNc1nnccc1C#N)c1ccccc1. The predicted octanol–water partition coefficient (Wildman–Crippen LogP) is 2.95. The Bertz CT molecular complexity index is 560. The van der Waals surface area contributed by atoms with Crippen LogP contribution in [0.4, 0.5) is 5.82 Å². The van der Waals surface area contributed by atoms with Crippen molar-refractivity contribution < 1.29 is 0 Å². The lowest BCUT2D eigenvalue weighted by Crippen LogP contribution is -2.09. The summed E-state index contributed by atoms with van der Waals surface area (Å²) in [4.78, 5) is 0. The van der Waals surface area contributed by atoms with Gasteiger partial charge in [-0.1, -0.05) is 37.3 Å². The average Bonchev–Trinajstić information content (AvgIpc) is 2.48. The quantitative estimate of drug-likeness (QED) is 0.888. The van der Waals surface area contributed by atoms with E-state index in [1.54, 1.807) is 6.07 Å². The Balaban J connectivity index is 1.89. The topological polar surface area (TPSA) is 61.6 Å². The molecule has 96 valence electrons. The Morgan fingerprint density at radius 1 is 1.26 bits per heavy atom. The molecule has 0 radical (unpaired) electrons. The fourth-order valence-electron chi connectivity index (χ4n) is 1.91. The van der Waals surface area contributed by atoms with E-state index in [-0.39, 0.29) is 0 Å². The van der Waals surface area contributed by atoms with E-state index in [0.29, 0.717) is 17.3 Å². The summed E-state index contributed by atoms with van der Waals surface area (Å²) in [5.74, 6) is 1.03. The molecule has 19 heavy (non-hydrogen) atoms. The van der Waals surface area contributed by atoms with Gasteiger partial charge in [-0.2, -0.15) is 10.4 Å². The minimum absolute atomic E-state index is 0.468. The number of rotatable bonds is 5. The standard InChI is InChI=1S/C15H16N4/c1-12(13-5-3-2-4-6-13)7-9-17-15-14(11-16)8-10-18-19-15/h2-6,8,10,12H,7,9H2,1H3,(H,17,19). The second-order valence-electron chi connectivity index (χ2n) is 4.43. The first kappa shape index (κ1) is 13.0. The van der Waals surface area contributed by atoms with Gasteiger partial charge < -0.3 is 5.32 Å². The van der Waals surface area contributed by atoms with Gasteiger partial charge in [0.2, 0.25) is 0 Å². The maximum Gasteiger partial charge on any atom is 0.166 e. The second kappa shape index (κ2) is 6.50. The Kier molecular flexibility index (Phi) is 4.46. The van der Waals surface area contributed by atoms with Gasteiger partial charge in [-0.25, -0.2) is 0 Å². The summed E-state index contributed by atoms with van der Waals surface area (Å²) in [7, 11) is 0. The minimum Gasteiger partial charge on any atom is -0.367 e. The third-order valence-corrected chi connectivity index (χ3v) is 3.08. The highest BCUT2D eigenvalue weighted by atomic mass is 15.2. The molecule has 0 saturated heterocycles. The molecule has 2 aromatic rings. The van der Waals surface area contributed by atoms with Gasteiger partial charge in [-0.05, 0) is 24.0 Å². The van der Waals surface area contributed by atoms with Gasteiger partial charge in [-0.15, -0.1) is 5.10 Å². The molecule has 4 nitrogen and oxygen atoms in total. The van der Waals surface area contributed by atoms with Crippen molar-refractivity contribution in [3.05, 3.63) is 53.7 Å². The molecule has 0 amide bonds. The van der Waals surface area contributed by atoms with E-state index in [1.165, 1.54) is 11.8 Å². The Morgan fingerprint density at radius 3 is 2.79 bits per heavy atom. The molecule has 1 aromatic carbocycles. The summed E-state index contributed by atoms with van der Waals surface area (Å²) >= 11 is 0. The number of benzene rings is 1. The third-order valence-electron chi connectivity index (χ3n) is 3.08. The number of hydrogen-bond acceptors (Lipinski definition) is 4. The van der Waals surface area contributed by atoms with Crippen LogP contribution < -0.4 is 5.32 Å². The highest BCUT2D eigenvalue weighted by molar-refractivity contribution is 5.50. The highest BCUT2D eigenvalue weighted by Gasteiger charge is 2.06. The molecule has 0 aliphatic rings. The van der Waals surface area contributed by atoms with Gasteiger partial charge in [0.15, 0.2) is 5.82 Å². The zero-order chi connectivity index (χ0) is 13.5. The molecule has 1 atom stereocenters. The van der Waals surface area contributed by atoms with E-state index in [1.807, 2.05) is 6.07 Å². The van der Waals surface area contributed by atoms with Gasteiger partial charge in [-0.3, -0.25) is 0 Å². The molecule has 0 spiro atoms. The van der Waals surface area contributed by atoms with Gasteiger partial charge >= 0.3 is 0 Å². The van der Waals surface area contributed by atoms with Crippen molar-refractivity contribution >= 4 is 5.82 Å². The number of hydrogen-bond donors (Lipinski definition) is 1. The molecule has 0 saturated carbocycles. The van der Waals surface area contributed by atoms with Gasteiger partial charge in [0, 0.05) is 6.54 Å². The number of anilines is 1. The molecule has 1 unspecified atom stereocenters. The fourth-order valence-corrected chi connectivity index (χ4v) is 1.91. The van der Waals surface area contributed by atoms with Crippen molar-refractivity contribution in [3.8, 4) is 6.07 Å². The lowest BCUT2D eigenvalue weighted by molar-refractivity contribution is 0.704. The van der Waals surface area contributed by atoms with E-state index >= 15 is 0 Å². The van der Waals surface area contributed by atoms with E-state index < -0.39 is 0 Å². The first-order valence-electron chi connectivity index (χ1n) is 6.32. The Morgan fingerprint density at radius 2 is 2.05 bits per heavy atom. The molecule has 1 aromatic heterocycles. The first-order valence-corrected chi connectivity index (χ1v) is 6.32. The highest BCUT2D eigenvalue weighted by Crippen LogP contribution is 2.18. The van der Waals surface area contributed by atoms with Crippen LogP contribution in [0.2, 0.25) is 0 Å². The maximum atomic E-state index is 8.95. The van der Waals surface area contributed by atoms with Gasteiger partial charge in [0.25, 0.3) is 0 Å². The van der Waals surface area contributed by atoms with Crippen molar-refractivity contribution in [2.24, 2.45) is 0 Å². The largest absolute Gasteiger partial charge is 0.367 e. The molecule has 1 N–H and O–H groups in total. The van der Waals surface area contributed by atoms with Gasteiger partial charge in [0.1, 0.15) is 6.07 Å². The van der Waals surface area contributed by atoms with Crippen LogP contribution in [0.3, 0.4) is 0 Å². The van der Waals surface area contributed by atoms with E-state index in [4.69, 9.17) is 5.26 Å². The zero-order valence-electron chi connectivity index (χ0n) is 10.9. The summed E-state index contributed by atoms with van der Waals surface area (Å²) < 4.78 is 0. The van der Waals surface area contributed by atoms with Crippen LogP contribution in [0.5, 0.6) is 0 Å². The molecular formula is C15H16N4. The third kappa shape index (κ3) is 3.52. The normalized spacial score (nSPS) is 11.6. The maximum absolute atomic E-state index is 8.95. The number of nitriles is 1. The molecular weight excluding hydrogens is 236 g/mol. The van der Waals surface area contributed by atoms with Crippen molar-refractivity contribution in [3.63, 3.8) is 0 Å². The average molecular weight is 252 g/mol. The van der Waals surface area contributed by atoms with E-state index in [2.05, 4.69) is 52.8 Å². The summed E-state index contributed by atoms with van der Waals surface area (Å²) in [5.41, 5.74) is 1.85. The lowest BCUT2D eigenvalue weighted by atomic mass is 9.98. The van der Waals surface area contributed by atoms with Crippen LogP contribution in [0, 0.1) is 11.3 Å². The summed E-state index contributed by atoms with van der Waals surface area (Å²) in [5, 5.41) is 19.8. The van der Waals surface area contributed by atoms with E-state index in [0.717, 1.165) is 13.0 Å². The number of aromatic nitrogens is 2. The van der Waals surface area contributed by atoms with Crippen LogP contribution >= 0.6 is 0 Å². The smallest absolute Gasteiger partial charge is 0.166 e. The number of nitrogens with one attached hydrogen (secondary N) is 1. The molecule has 0 fully saturated rings. The molecule has 0 aliphatic carbocycles. The van der Waals surface area contributed by atoms with Crippen LogP contribution in [-0.2, 0) is 0 Å². The van der Waals surface area contributed by atoms with E-state index in [9.17, 15) is 0 Å². The fraction of sp³-hybridized carbons (Fsp3) is 0.267. The summed E-state index contributed by atoms with van der Waals surface area (Å²) in [6.45, 7) is 2.96. The molecule has 2 rings (SSSR count). The summed E-state index contributed by atoms with van der Waals surface area (Å²) in [6.07, 6.45) is 2.50. The molecule has 4 heteroatoms. The Labute approximate surface area is 113 Å². The molecule has 0 aliphatic heterocycles. The van der Waals surface area contributed by atoms with Crippen molar-refractivity contribution in [2.45, 2.75) is 19.3 Å². The second-order valence-corrected chi connectivity index (χ2v) is 4.43. The van der Waals surface area contributed by atoms with Crippen LogP contribution in [0.15, 0.2) is 42.6 Å². The molecule has 0 bridgehead atoms. The van der Waals surface area contributed by atoms with Crippen molar-refractivity contribution in [1.82, 2.24) is 10.2 Å². The van der Waals surface area contributed by atoms with Crippen molar-refractivity contribution in [2.75, 3.05) is 11.9 Å². The molecule has 1 heterocycles. The van der Waals surface area contributed by atoms with Crippen LogP contribution in [0.25, 0.3) is 0 Å². The zero-order valence-corrected chi connectivity index (χ0v) is 10.9. The lowest BCUT2D eigenvalue weighted by Gasteiger charge is -2.12. The van der Waals surface area contributed by atoms with Crippen LogP contribution in [-0.4, -0.2) is 16.7 Å². The van der Waals surface area contributed by atoms with Crippen LogP contribution in [0.1, 0.15) is 30.4 Å². The predicted molar refractivity (Wildman–Crippen MR) is 74.7 cm³/mol. The monoisotopic (exact) mass is 252 g/mol. The first-order chi connectivity index (χ1) is 9.31. The minimum atomic E-state index is 0.468. The Hall–Kier alpha value is -2.41. The number of nitrogens with zero attached hydrogens (tertiary/aromatic N) is 3. The summed E-state index contributed by atoms with van der Waals surface area (Å²) in [6, 6.07) is 14.2.